The molecule has 0 bridgehead atoms. The number of benzene rings is 2. The average Bonchev–Trinajstić information content (AvgIpc) is 3.46. The summed E-state index contributed by atoms with van der Waals surface area (Å²) in [6, 6.07) is 11.4. The first kappa shape index (κ1) is 20.2. The molecule has 2 aromatic rings. The van der Waals surface area contributed by atoms with E-state index in [1.54, 1.807) is 41.3 Å². The van der Waals surface area contributed by atoms with Crippen LogP contribution in [-0.4, -0.2) is 49.5 Å². The minimum Gasteiger partial charge on any atom is -0.484 e. The molecule has 2 aliphatic heterocycles. The Hall–Kier alpha value is -3.09. The molecule has 2 heterocycles. The molecular weight excluding hydrogens is 385 g/mol. The predicted molar refractivity (Wildman–Crippen MR) is 114 cm³/mol. The lowest BCUT2D eigenvalue weighted by Gasteiger charge is -2.18. The van der Waals surface area contributed by atoms with Crippen LogP contribution in [0.1, 0.15) is 36.0 Å². The summed E-state index contributed by atoms with van der Waals surface area (Å²) in [6.07, 6.45) is 4.19. The fourth-order valence-corrected chi connectivity index (χ4v) is 3.93. The van der Waals surface area contributed by atoms with E-state index in [1.165, 1.54) is 6.07 Å². The Morgan fingerprint density at radius 2 is 1.70 bits per heavy atom. The van der Waals surface area contributed by atoms with Gasteiger partial charge in [0.15, 0.2) is 6.61 Å². The van der Waals surface area contributed by atoms with E-state index in [4.69, 9.17) is 4.74 Å². The van der Waals surface area contributed by atoms with Crippen LogP contribution >= 0.6 is 0 Å². The molecule has 2 fully saturated rings. The smallest absolute Gasteiger partial charge is 0.260 e. The second-order valence-electron chi connectivity index (χ2n) is 7.72. The van der Waals surface area contributed by atoms with Gasteiger partial charge in [-0.1, -0.05) is 6.07 Å². The summed E-state index contributed by atoms with van der Waals surface area (Å²) >= 11 is 0. The van der Waals surface area contributed by atoms with Gasteiger partial charge in [-0.3, -0.25) is 9.59 Å². The number of hydrogen-bond donors (Lipinski definition) is 1. The summed E-state index contributed by atoms with van der Waals surface area (Å²) in [6.45, 7) is 3.22. The van der Waals surface area contributed by atoms with Crippen LogP contribution in [0.5, 0.6) is 5.75 Å². The van der Waals surface area contributed by atoms with Crippen LogP contribution in [0.4, 0.5) is 15.8 Å². The second kappa shape index (κ2) is 9.15. The molecule has 30 heavy (non-hydrogen) atoms. The molecule has 2 aromatic carbocycles. The van der Waals surface area contributed by atoms with E-state index in [2.05, 4.69) is 5.32 Å². The second-order valence-corrected chi connectivity index (χ2v) is 7.72. The molecule has 2 amide bonds. The maximum absolute atomic E-state index is 14.5. The van der Waals surface area contributed by atoms with Crippen molar-refractivity contribution >= 4 is 23.2 Å². The minimum absolute atomic E-state index is 0.0272. The maximum atomic E-state index is 14.5. The van der Waals surface area contributed by atoms with Gasteiger partial charge in [0.25, 0.3) is 11.8 Å². The number of nitrogens with one attached hydrogen (secondary N) is 1. The first-order chi connectivity index (χ1) is 14.6. The number of amides is 2. The summed E-state index contributed by atoms with van der Waals surface area (Å²) in [4.78, 5) is 28.5. The largest absolute Gasteiger partial charge is 0.484 e. The number of carbonyl (C=O) groups is 2. The first-order valence-corrected chi connectivity index (χ1v) is 10.5. The van der Waals surface area contributed by atoms with Crippen LogP contribution in [0.3, 0.4) is 0 Å². The normalized spacial score (nSPS) is 16.0. The summed E-state index contributed by atoms with van der Waals surface area (Å²) < 4.78 is 20.1. The lowest BCUT2D eigenvalue weighted by molar-refractivity contribution is -0.132. The van der Waals surface area contributed by atoms with Crippen LogP contribution in [0, 0.1) is 5.82 Å². The van der Waals surface area contributed by atoms with Crippen molar-refractivity contribution in [2.45, 2.75) is 25.7 Å². The van der Waals surface area contributed by atoms with Crippen molar-refractivity contribution < 1.29 is 18.7 Å². The molecule has 0 radical (unpaired) electrons. The molecular formula is C23H26FN3O3. The summed E-state index contributed by atoms with van der Waals surface area (Å²) in [5.74, 6) is -0.319. The molecule has 0 atom stereocenters. The Labute approximate surface area is 175 Å². The highest BCUT2D eigenvalue weighted by molar-refractivity contribution is 6.04. The van der Waals surface area contributed by atoms with Gasteiger partial charge in [0.1, 0.15) is 11.6 Å². The molecule has 2 aliphatic rings. The SMILES string of the molecule is O=C(Nc1cccc(OCC(=O)N2CCCC2)c1)c1ccc(N2CCCC2)c(F)c1. The van der Waals surface area contributed by atoms with E-state index in [1.807, 2.05) is 4.90 Å². The van der Waals surface area contributed by atoms with Crippen LogP contribution in [-0.2, 0) is 4.79 Å². The number of carbonyl (C=O) groups excluding carboxylic acids is 2. The number of rotatable bonds is 6. The van der Waals surface area contributed by atoms with Crippen molar-refractivity contribution in [3.63, 3.8) is 0 Å². The number of nitrogens with zero attached hydrogens (tertiary/aromatic N) is 2. The Kier molecular flexibility index (Phi) is 6.16. The van der Waals surface area contributed by atoms with Crippen molar-refractivity contribution in [1.82, 2.24) is 4.90 Å². The van der Waals surface area contributed by atoms with Crippen LogP contribution in [0.2, 0.25) is 0 Å². The quantitative estimate of drug-likeness (QED) is 0.788. The van der Waals surface area contributed by atoms with Gasteiger partial charge < -0.3 is 19.9 Å². The Morgan fingerprint density at radius 1 is 0.967 bits per heavy atom. The number of halogens is 1. The highest BCUT2D eigenvalue weighted by Gasteiger charge is 2.19. The fourth-order valence-electron chi connectivity index (χ4n) is 3.93. The van der Waals surface area contributed by atoms with E-state index in [0.717, 1.165) is 51.9 Å². The lowest BCUT2D eigenvalue weighted by Crippen LogP contribution is -2.32. The van der Waals surface area contributed by atoms with Gasteiger partial charge in [0.05, 0.1) is 5.69 Å². The van der Waals surface area contributed by atoms with Crippen LogP contribution in [0.25, 0.3) is 0 Å². The highest BCUT2D eigenvalue weighted by Crippen LogP contribution is 2.25. The number of ether oxygens (including phenoxy) is 1. The van der Waals surface area contributed by atoms with Gasteiger partial charge >= 0.3 is 0 Å². The Balaban J connectivity index is 1.36. The van der Waals surface area contributed by atoms with Crippen molar-refractivity contribution in [3.05, 3.63) is 53.8 Å². The Morgan fingerprint density at radius 3 is 2.43 bits per heavy atom. The zero-order valence-electron chi connectivity index (χ0n) is 16.9. The molecule has 6 nitrogen and oxygen atoms in total. The first-order valence-electron chi connectivity index (χ1n) is 10.5. The monoisotopic (exact) mass is 411 g/mol. The molecule has 0 unspecified atom stereocenters. The molecule has 2 saturated heterocycles. The fraction of sp³-hybridized carbons (Fsp3) is 0.391. The third-order valence-electron chi connectivity index (χ3n) is 5.57. The van der Waals surface area contributed by atoms with Gasteiger partial charge in [-0.25, -0.2) is 4.39 Å². The van der Waals surface area contributed by atoms with Crippen LogP contribution in [0.15, 0.2) is 42.5 Å². The zero-order chi connectivity index (χ0) is 20.9. The Bertz CT molecular complexity index is 922. The third-order valence-corrected chi connectivity index (χ3v) is 5.57. The van der Waals surface area contributed by atoms with E-state index < -0.39 is 5.91 Å². The number of likely N-dealkylation sites (tertiary alicyclic amines) is 1. The van der Waals surface area contributed by atoms with Gasteiger partial charge in [-0.2, -0.15) is 0 Å². The van der Waals surface area contributed by atoms with Crippen molar-refractivity contribution in [3.8, 4) is 5.75 Å². The molecule has 0 spiro atoms. The predicted octanol–water partition coefficient (Wildman–Crippen LogP) is 3.68. The molecule has 0 saturated carbocycles. The van der Waals surface area contributed by atoms with Gasteiger partial charge in [-0.05, 0) is 56.0 Å². The van der Waals surface area contributed by atoms with Crippen molar-refractivity contribution in [1.29, 1.82) is 0 Å². The summed E-state index contributed by atoms with van der Waals surface area (Å²) in [5, 5.41) is 2.76. The molecule has 158 valence electrons. The zero-order valence-corrected chi connectivity index (χ0v) is 16.9. The van der Waals surface area contributed by atoms with Crippen molar-refractivity contribution in [2.24, 2.45) is 0 Å². The van der Waals surface area contributed by atoms with E-state index >= 15 is 0 Å². The van der Waals surface area contributed by atoms with Gasteiger partial charge in [0.2, 0.25) is 0 Å². The standard InChI is InChI=1S/C23H26FN3O3/c24-20-14-17(8-9-21(20)26-10-1-2-11-26)23(29)25-18-6-5-7-19(15-18)30-16-22(28)27-12-3-4-13-27/h5-9,14-15H,1-4,10-13,16H2,(H,25,29). The molecule has 0 aliphatic carbocycles. The third kappa shape index (κ3) is 4.72. The van der Waals surface area contributed by atoms with Crippen LogP contribution < -0.4 is 15.0 Å². The van der Waals surface area contributed by atoms with E-state index in [9.17, 15) is 14.0 Å². The topological polar surface area (TPSA) is 61.9 Å². The summed E-state index contributed by atoms with van der Waals surface area (Å²) in [7, 11) is 0. The van der Waals surface area contributed by atoms with Gasteiger partial charge in [-0.15, -0.1) is 0 Å². The lowest BCUT2D eigenvalue weighted by atomic mass is 10.1. The maximum Gasteiger partial charge on any atom is 0.260 e. The highest BCUT2D eigenvalue weighted by atomic mass is 19.1. The molecule has 1 N–H and O–H groups in total. The molecule has 4 rings (SSSR count). The van der Waals surface area contributed by atoms with Gasteiger partial charge in [0, 0.05) is 43.5 Å². The number of hydrogen-bond acceptors (Lipinski definition) is 4. The summed E-state index contributed by atoms with van der Waals surface area (Å²) in [5.41, 5.74) is 1.32. The number of anilines is 2. The molecule has 0 aromatic heterocycles. The van der Waals surface area contributed by atoms with E-state index in [-0.39, 0.29) is 23.9 Å². The van der Waals surface area contributed by atoms with Crippen molar-refractivity contribution in [2.75, 3.05) is 43.0 Å². The minimum atomic E-state index is -0.396. The molecule has 7 heteroatoms. The average molecular weight is 411 g/mol. The van der Waals surface area contributed by atoms with E-state index in [0.29, 0.717) is 17.1 Å².